The van der Waals surface area contributed by atoms with Gasteiger partial charge in [0.05, 0.1) is 0 Å². The summed E-state index contributed by atoms with van der Waals surface area (Å²) in [5, 5.41) is 9.15. The zero-order valence-electron chi connectivity index (χ0n) is 12.0. The number of benzene rings is 1. The van der Waals surface area contributed by atoms with Crippen molar-refractivity contribution in [3.63, 3.8) is 0 Å². The number of hydrogen-bond acceptors (Lipinski definition) is 3. The number of para-hydroxylation sites is 1. The molecule has 1 heterocycles. The summed E-state index contributed by atoms with van der Waals surface area (Å²) < 4.78 is 0. The van der Waals surface area contributed by atoms with Gasteiger partial charge in [-0.05, 0) is 37.9 Å². The Morgan fingerprint density at radius 3 is 2.79 bits per heavy atom. The molecule has 1 fully saturated rings. The lowest BCUT2D eigenvalue weighted by molar-refractivity contribution is 0.122. The molecule has 0 aromatic heterocycles. The molecule has 0 aliphatic carbocycles. The maximum absolute atomic E-state index is 9.15. The van der Waals surface area contributed by atoms with Gasteiger partial charge >= 0.3 is 0 Å². The molecule has 1 aliphatic rings. The van der Waals surface area contributed by atoms with Crippen molar-refractivity contribution in [1.29, 1.82) is 0 Å². The monoisotopic (exact) mass is 262 g/mol. The second-order valence-electron chi connectivity index (χ2n) is 5.45. The quantitative estimate of drug-likeness (QED) is 0.852. The second kappa shape index (κ2) is 7.51. The minimum Gasteiger partial charge on any atom is -0.396 e. The second-order valence-corrected chi connectivity index (χ2v) is 5.45. The highest BCUT2D eigenvalue weighted by Gasteiger charge is 2.21. The van der Waals surface area contributed by atoms with Crippen LogP contribution in [0.1, 0.15) is 25.7 Å². The highest BCUT2D eigenvalue weighted by Crippen LogP contribution is 2.19. The van der Waals surface area contributed by atoms with E-state index in [-0.39, 0.29) is 0 Å². The number of piperidine rings is 1. The molecule has 106 valence electrons. The number of hydrogen-bond donors (Lipinski definition) is 1. The van der Waals surface area contributed by atoms with Crippen LogP contribution in [-0.4, -0.2) is 49.3 Å². The fourth-order valence-corrected chi connectivity index (χ4v) is 2.92. The van der Waals surface area contributed by atoms with Crippen LogP contribution >= 0.6 is 0 Å². The molecular weight excluding hydrogens is 236 g/mol. The average Bonchev–Trinajstić information content (AvgIpc) is 2.47. The van der Waals surface area contributed by atoms with Crippen LogP contribution in [0.5, 0.6) is 0 Å². The molecule has 0 bridgehead atoms. The highest BCUT2D eigenvalue weighted by atomic mass is 16.3. The van der Waals surface area contributed by atoms with Crippen LogP contribution in [0.3, 0.4) is 0 Å². The Labute approximate surface area is 116 Å². The Kier molecular flexibility index (Phi) is 5.67. The molecule has 0 spiro atoms. The Bertz CT molecular complexity index is 353. The van der Waals surface area contributed by atoms with E-state index in [9.17, 15) is 0 Å². The summed E-state index contributed by atoms with van der Waals surface area (Å²) in [6, 6.07) is 11.1. The van der Waals surface area contributed by atoms with E-state index in [1.807, 2.05) is 0 Å². The Morgan fingerprint density at radius 1 is 1.26 bits per heavy atom. The van der Waals surface area contributed by atoms with Gasteiger partial charge in [0.25, 0.3) is 0 Å². The summed E-state index contributed by atoms with van der Waals surface area (Å²) in [7, 11) is 2.15. The van der Waals surface area contributed by atoms with Gasteiger partial charge in [-0.2, -0.15) is 0 Å². The minimum atomic E-state index is 0.315. The van der Waals surface area contributed by atoms with Crippen molar-refractivity contribution in [2.24, 2.45) is 0 Å². The third-order valence-electron chi connectivity index (χ3n) is 4.13. The van der Waals surface area contributed by atoms with Gasteiger partial charge in [-0.15, -0.1) is 0 Å². The van der Waals surface area contributed by atoms with Gasteiger partial charge < -0.3 is 10.0 Å². The number of aliphatic hydroxyl groups is 1. The molecule has 3 heteroatoms. The van der Waals surface area contributed by atoms with E-state index in [0.717, 1.165) is 19.5 Å². The van der Waals surface area contributed by atoms with Crippen molar-refractivity contribution >= 4 is 5.69 Å². The highest BCUT2D eigenvalue weighted by molar-refractivity contribution is 5.44. The van der Waals surface area contributed by atoms with Gasteiger partial charge in [0.1, 0.15) is 0 Å². The van der Waals surface area contributed by atoms with Gasteiger partial charge in [0.2, 0.25) is 0 Å². The molecule has 2 rings (SSSR count). The van der Waals surface area contributed by atoms with E-state index in [1.54, 1.807) is 0 Å². The van der Waals surface area contributed by atoms with Crippen LogP contribution < -0.4 is 4.90 Å². The molecule has 1 N–H and O–H groups in total. The first-order valence-electron chi connectivity index (χ1n) is 7.42. The smallest absolute Gasteiger partial charge is 0.0445 e. The van der Waals surface area contributed by atoms with Crippen LogP contribution in [0.15, 0.2) is 30.3 Å². The van der Waals surface area contributed by atoms with Crippen molar-refractivity contribution in [3.05, 3.63) is 30.3 Å². The number of rotatable bonds is 6. The van der Waals surface area contributed by atoms with Crippen molar-refractivity contribution in [3.8, 4) is 0 Å². The first-order chi connectivity index (χ1) is 9.31. The predicted octanol–water partition coefficient (Wildman–Crippen LogP) is 2.36. The summed E-state index contributed by atoms with van der Waals surface area (Å²) in [6.07, 6.45) is 4.79. The molecule has 1 atom stereocenters. The Balaban J connectivity index is 1.83. The average molecular weight is 262 g/mol. The summed E-state index contributed by atoms with van der Waals surface area (Å²) in [6.45, 7) is 3.64. The topological polar surface area (TPSA) is 26.7 Å². The molecule has 1 saturated heterocycles. The molecule has 1 aromatic rings. The molecular formula is C16H26N2O. The van der Waals surface area contributed by atoms with E-state index in [1.165, 1.54) is 31.5 Å². The first kappa shape index (κ1) is 14.4. The van der Waals surface area contributed by atoms with Crippen LogP contribution in [0, 0.1) is 0 Å². The maximum Gasteiger partial charge on any atom is 0.0445 e. The molecule has 0 amide bonds. The van der Waals surface area contributed by atoms with Crippen LogP contribution in [0.2, 0.25) is 0 Å². The normalized spacial score (nSPS) is 20.4. The SMILES string of the molecule is CN(CCN1CCCCC1CCO)c1ccccc1. The fraction of sp³-hybridized carbons (Fsp3) is 0.625. The number of likely N-dealkylation sites (tertiary alicyclic amines) is 1. The zero-order valence-corrected chi connectivity index (χ0v) is 12.0. The van der Waals surface area contributed by atoms with Gasteiger partial charge in [-0.3, -0.25) is 4.90 Å². The summed E-state index contributed by atoms with van der Waals surface area (Å²) in [4.78, 5) is 4.86. The predicted molar refractivity (Wildman–Crippen MR) is 80.6 cm³/mol. The molecule has 0 radical (unpaired) electrons. The van der Waals surface area contributed by atoms with Gasteiger partial charge in [0, 0.05) is 38.5 Å². The molecule has 19 heavy (non-hydrogen) atoms. The van der Waals surface area contributed by atoms with E-state index < -0.39 is 0 Å². The lowest BCUT2D eigenvalue weighted by Gasteiger charge is -2.36. The maximum atomic E-state index is 9.15. The van der Waals surface area contributed by atoms with E-state index in [2.05, 4.69) is 47.2 Å². The number of nitrogens with zero attached hydrogens (tertiary/aromatic N) is 2. The molecule has 3 nitrogen and oxygen atoms in total. The van der Waals surface area contributed by atoms with Crippen molar-refractivity contribution in [2.45, 2.75) is 31.7 Å². The van der Waals surface area contributed by atoms with E-state index in [0.29, 0.717) is 12.6 Å². The summed E-state index contributed by atoms with van der Waals surface area (Å²) >= 11 is 0. The Morgan fingerprint density at radius 2 is 2.05 bits per heavy atom. The third-order valence-corrected chi connectivity index (χ3v) is 4.13. The molecule has 1 aromatic carbocycles. The minimum absolute atomic E-state index is 0.315. The van der Waals surface area contributed by atoms with Crippen LogP contribution in [-0.2, 0) is 0 Å². The zero-order chi connectivity index (χ0) is 13.5. The van der Waals surface area contributed by atoms with Crippen molar-refractivity contribution < 1.29 is 5.11 Å². The Hall–Kier alpha value is -1.06. The molecule has 0 saturated carbocycles. The van der Waals surface area contributed by atoms with Crippen molar-refractivity contribution in [2.75, 3.05) is 38.2 Å². The van der Waals surface area contributed by atoms with E-state index in [4.69, 9.17) is 5.11 Å². The summed E-state index contributed by atoms with van der Waals surface area (Å²) in [5.74, 6) is 0. The standard InChI is InChI=1S/C16H26N2O/c1-17(15-7-3-2-4-8-15)12-13-18-11-6-5-9-16(18)10-14-19/h2-4,7-8,16,19H,5-6,9-14H2,1H3. The van der Waals surface area contributed by atoms with Gasteiger partial charge in [-0.25, -0.2) is 0 Å². The van der Waals surface area contributed by atoms with Gasteiger partial charge in [0.15, 0.2) is 0 Å². The number of likely N-dealkylation sites (N-methyl/N-ethyl adjacent to an activating group) is 1. The van der Waals surface area contributed by atoms with E-state index >= 15 is 0 Å². The number of aliphatic hydroxyl groups excluding tert-OH is 1. The third kappa shape index (κ3) is 4.22. The lowest BCUT2D eigenvalue weighted by Crippen LogP contribution is -2.43. The summed E-state index contributed by atoms with van der Waals surface area (Å²) in [5.41, 5.74) is 1.28. The first-order valence-corrected chi connectivity index (χ1v) is 7.42. The fourth-order valence-electron chi connectivity index (χ4n) is 2.92. The lowest BCUT2D eigenvalue weighted by atomic mass is 10.00. The molecule has 1 unspecified atom stereocenters. The molecule has 1 aliphatic heterocycles. The largest absolute Gasteiger partial charge is 0.396 e. The number of anilines is 1. The van der Waals surface area contributed by atoms with Crippen LogP contribution in [0.25, 0.3) is 0 Å². The van der Waals surface area contributed by atoms with Crippen molar-refractivity contribution in [1.82, 2.24) is 4.90 Å². The van der Waals surface area contributed by atoms with Crippen LogP contribution in [0.4, 0.5) is 5.69 Å². The van der Waals surface area contributed by atoms with Gasteiger partial charge in [-0.1, -0.05) is 24.6 Å².